The van der Waals surface area contributed by atoms with E-state index in [1.165, 1.54) is 4.48 Å². The van der Waals surface area contributed by atoms with Crippen molar-refractivity contribution in [2.24, 2.45) is 0 Å². The van der Waals surface area contributed by atoms with Crippen molar-refractivity contribution in [3.8, 4) is 0 Å². The fourth-order valence-corrected chi connectivity index (χ4v) is 2.68. The molecule has 0 bridgehead atoms. The number of benzene rings is 1. The van der Waals surface area contributed by atoms with Gasteiger partial charge in [0.25, 0.3) is 0 Å². The van der Waals surface area contributed by atoms with Crippen molar-refractivity contribution in [1.29, 1.82) is 0 Å². The van der Waals surface area contributed by atoms with E-state index in [-0.39, 0.29) is 18.5 Å². The molecule has 3 heteroatoms. The zero-order valence-electron chi connectivity index (χ0n) is 8.80. The highest BCUT2D eigenvalue weighted by Gasteiger charge is 2.37. The first-order chi connectivity index (χ1) is 7.83. The second-order valence-corrected chi connectivity index (χ2v) is 5.19. The van der Waals surface area contributed by atoms with Gasteiger partial charge in [-0.3, -0.25) is 0 Å². The molecule has 3 atom stereocenters. The fourth-order valence-electron chi connectivity index (χ4n) is 2.19. The molecular weight excluding hydrogens is 268 g/mol. The summed E-state index contributed by atoms with van der Waals surface area (Å²) in [5, 5.41) is 0. The molecule has 1 unspecified atom stereocenters. The first-order valence-corrected chi connectivity index (χ1v) is 6.34. The molecule has 3 rings (SSSR count). The molecule has 1 fully saturated rings. The van der Waals surface area contributed by atoms with Crippen LogP contribution in [-0.2, 0) is 9.47 Å². The van der Waals surface area contributed by atoms with Crippen LogP contribution in [0.15, 0.2) is 40.9 Å². The third-order valence-corrected chi connectivity index (χ3v) is 3.69. The van der Waals surface area contributed by atoms with Gasteiger partial charge in [0.2, 0.25) is 0 Å². The molecule has 1 saturated heterocycles. The summed E-state index contributed by atoms with van der Waals surface area (Å²) in [4.78, 5) is 0. The largest absolute Gasteiger partial charge is 0.342 e. The van der Waals surface area contributed by atoms with Gasteiger partial charge in [-0.2, -0.15) is 0 Å². The molecule has 1 heterocycles. The molecular formula is C13H13BrO2. The maximum Gasteiger partial charge on any atom is 0.185 e. The highest BCUT2D eigenvalue weighted by atomic mass is 79.9. The lowest BCUT2D eigenvalue weighted by Crippen LogP contribution is -2.23. The van der Waals surface area contributed by atoms with Gasteiger partial charge in [-0.05, 0) is 23.4 Å². The first kappa shape index (κ1) is 10.5. The van der Waals surface area contributed by atoms with Crippen LogP contribution in [0, 0.1) is 0 Å². The van der Waals surface area contributed by atoms with Crippen LogP contribution in [0.2, 0.25) is 0 Å². The second-order valence-electron chi connectivity index (χ2n) is 4.17. The maximum atomic E-state index is 5.91. The lowest BCUT2D eigenvalue weighted by Gasteiger charge is -2.18. The normalized spacial score (nSPS) is 33.3. The van der Waals surface area contributed by atoms with Crippen LogP contribution in [0.4, 0.5) is 0 Å². The maximum absolute atomic E-state index is 5.91. The molecule has 16 heavy (non-hydrogen) atoms. The highest BCUT2D eigenvalue weighted by Crippen LogP contribution is 2.38. The zero-order valence-corrected chi connectivity index (χ0v) is 10.4. The molecule has 1 aliphatic carbocycles. The van der Waals surface area contributed by atoms with Gasteiger partial charge in [0.1, 0.15) is 6.10 Å². The topological polar surface area (TPSA) is 18.5 Å². The van der Waals surface area contributed by atoms with Crippen LogP contribution < -0.4 is 0 Å². The second kappa shape index (κ2) is 4.32. The zero-order chi connectivity index (χ0) is 11.0. The van der Waals surface area contributed by atoms with Gasteiger partial charge in [-0.15, -0.1) is 0 Å². The summed E-state index contributed by atoms with van der Waals surface area (Å²) in [6.07, 6.45) is 4.32. The SMILES string of the molecule is BrC1=C[C@@H]2OC(c3ccccc3)O[C@@H]2CC1. The smallest absolute Gasteiger partial charge is 0.185 e. The Morgan fingerprint density at radius 2 is 1.94 bits per heavy atom. The Labute approximate surface area is 103 Å². The summed E-state index contributed by atoms with van der Waals surface area (Å²) in [5.74, 6) is 0. The molecule has 1 aromatic rings. The summed E-state index contributed by atoms with van der Waals surface area (Å²) in [5.41, 5.74) is 1.10. The number of ether oxygens (including phenoxy) is 2. The summed E-state index contributed by atoms with van der Waals surface area (Å²) < 4.78 is 13.0. The van der Waals surface area contributed by atoms with Crippen molar-refractivity contribution in [1.82, 2.24) is 0 Å². The Bertz CT molecular complexity index is 402. The molecule has 0 saturated carbocycles. The minimum absolute atomic E-state index is 0.105. The van der Waals surface area contributed by atoms with Gasteiger partial charge in [0.05, 0.1) is 6.10 Å². The van der Waals surface area contributed by atoms with Crippen molar-refractivity contribution in [3.63, 3.8) is 0 Å². The van der Waals surface area contributed by atoms with Crippen LogP contribution in [0.1, 0.15) is 24.7 Å². The van der Waals surface area contributed by atoms with Gasteiger partial charge in [0.15, 0.2) is 6.29 Å². The summed E-state index contributed by atoms with van der Waals surface area (Å²) >= 11 is 3.53. The van der Waals surface area contributed by atoms with Crippen LogP contribution in [0.5, 0.6) is 0 Å². The number of hydrogen-bond donors (Lipinski definition) is 0. The number of hydrogen-bond acceptors (Lipinski definition) is 2. The van der Waals surface area contributed by atoms with E-state index in [2.05, 4.69) is 22.0 Å². The van der Waals surface area contributed by atoms with E-state index in [4.69, 9.17) is 9.47 Å². The monoisotopic (exact) mass is 280 g/mol. The minimum Gasteiger partial charge on any atom is -0.342 e. The van der Waals surface area contributed by atoms with E-state index in [9.17, 15) is 0 Å². The van der Waals surface area contributed by atoms with Crippen molar-refractivity contribution in [2.75, 3.05) is 0 Å². The molecule has 0 radical (unpaired) electrons. The molecule has 0 aromatic heterocycles. The van der Waals surface area contributed by atoms with Gasteiger partial charge in [-0.1, -0.05) is 46.3 Å². The molecule has 0 amide bonds. The molecule has 1 aromatic carbocycles. The minimum atomic E-state index is -0.203. The average molecular weight is 281 g/mol. The molecule has 84 valence electrons. The highest BCUT2D eigenvalue weighted by molar-refractivity contribution is 9.11. The third kappa shape index (κ3) is 1.95. The number of rotatable bonds is 1. The molecule has 2 nitrogen and oxygen atoms in total. The number of fused-ring (bicyclic) bond motifs is 1. The Hall–Kier alpha value is -0.640. The summed E-state index contributed by atoms with van der Waals surface area (Å²) in [6.45, 7) is 0. The number of allylic oxidation sites excluding steroid dienone is 1. The predicted molar refractivity (Wildman–Crippen MR) is 65.2 cm³/mol. The van der Waals surface area contributed by atoms with Crippen molar-refractivity contribution in [2.45, 2.75) is 31.3 Å². The van der Waals surface area contributed by atoms with Crippen LogP contribution in [-0.4, -0.2) is 12.2 Å². The van der Waals surface area contributed by atoms with Gasteiger partial charge < -0.3 is 9.47 Å². The van der Waals surface area contributed by atoms with E-state index in [1.54, 1.807) is 0 Å². The van der Waals surface area contributed by atoms with Gasteiger partial charge in [-0.25, -0.2) is 0 Å². The third-order valence-electron chi connectivity index (χ3n) is 3.03. The molecule has 2 aliphatic rings. The van der Waals surface area contributed by atoms with Crippen molar-refractivity contribution < 1.29 is 9.47 Å². The van der Waals surface area contributed by atoms with E-state index in [0.717, 1.165) is 18.4 Å². The van der Waals surface area contributed by atoms with Gasteiger partial charge in [0, 0.05) is 5.56 Å². The Kier molecular flexibility index (Phi) is 2.84. The summed E-state index contributed by atoms with van der Waals surface area (Å²) in [6, 6.07) is 10.1. The lowest BCUT2D eigenvalue weighted by molar-refractivity contribution is -0.0650. The fraction of sp³-hybridized carbons (Fsp3) is 0.385. The van der Waals surface area contributed by atoms with Crippen molar-refractivity contribution >= 4 is 15.9 Å². The van der Waals surface area contributed by atoms with Crippen molar-refractivity contribution in [3.05, 3.63) is 46.5 Å². The van der Waals surface area contributed by atoms with Crippen LogP contribution >= 0.6 is 15.9 Å². The van der Waals surface area contributed by atoms with Crippen LogP contribution in [0.25, 0.3) is 0 Å². The number of halogens is 1. The Balaban J connectivity index is 1.79. The van der Waals surface area contributed by atoms with E-state index in [1.807, 2.05) is 30.3 Å². The Morgan fingerprint density at radius 3 is 2.75 bits per heavy atom. The first-order valence-electron chi connectivity index (χ1n) is 5.55. The van der Waals surface area contributed by atoms with E-state index >= 15 is 0 Å². The summed E-state index contributed by atoms with van der Waals surface area (Å²) in [7, 11) is 0. The van der Waals surface area contributed by atoms with Crippen LogP contribution in [0.3, 0.4) is 0 Å². The molecule has 1 aliphatic heterocycles. The average Bonchev–Trinajstić information content (AvgIpc) is 2.73. The van der Waals surface area contributed by atoms with E-state index in [0.29, 0.717) is 0 Å². The van der Waals surface area contributed by atoms with E-state index < -0.39 is 0 Å². The standard InChI is InChI=1S/C13H13BrO2/c14-10-6-7-11-12(8-10)16-13(15-11)9-4-2-1-3-5-9/h1-5,8,11-13H,6-7H2/t11-,12+,13?/m1/s1. The predicted octanol–water partition coefficient (Wildman–Crippen LogP) is 3.54. The lowest BCUT2D eigenvalue weighted by atomic mass is 10.0. The van der Waals surface area contributed by atoms with Gasteiger partial charge >= 0.3 is 0 Å². The quantitative estimate of drug-likeness (QED) is 0.783. The molecule has 0 N–H and O–H groups in total. The molecule has 0 spiro atoms. The Morgan fingerprint density at radius 1 is 1.12 bits per heavy atom.